The summed E-state index contributed by atoms with van der Waals surface area (Å²) in [5, 5.41) is 0. The lowest BCUT2D eigenvalue weighted by atomic mass is 9.91. The molecule has 1 aromatic rings. The fourth-order valence-electron chi connectivity index (χ4n) is 1.90. The van der Waals surface area contributed by atoms with Crippen LogP contribution in [0.15, 0.2) is 36.9 Å². The molecule has 1 saturated carbocycles. The molecule has 2 rings (SSSR count). The lowest BCUT2D eigenvalue weighted by Crippen LogP contribution is -1.99. The summed E-state index contributed by atoms with van der Waals surface area (Å²) >= 11 is 0. The summed E-state index contributed by atoms with van der Waals surface area (Å²) in [5.74, 6) is 1.04. The van der Waals surface area contributed by atoms with Crippen molar-refractivity contribution in [3.63, 3.8) is 0 Å². The number of hydrogen-bond acceptors (Lipinski definition) is 0. The largest absolute Gasteiger partial charge is 0.0985 e. The number of benzene rings is 1. The van der Waals surface area contributed by atoms with Crippen LogP contribution in [-0.4, -0.2) is 0 Å². The molecule has 0 nitrogen and oxygen atoms in total. The van der Waals surface area contributed by atoms with E-state index < -0.39 is 0 Å². The summed E-state index contributed by atoms with van der Waals surface area (Å²) in [6, 6.07) is 10.0. The lowest BCUT2D eigenvalue weighted by Gasteiger charge is -2.15. The summed E-state index contributed by atoms with van der Waals surface area (Å²) < 4.78 is 0. The molecule has 0 saturated heterocycles. The van der Waals surface area contributed by atoms with E-state index in [2.05, 4.69) is 13.5 Å². The number of rotatable bonds is 1. The normalized spacial score (nSPS) is 16.3. The standard InChI is InChI=1S/C8H8.C7H14/c1-2-8-6-4-3-5-7-8;1-7-5-3-2-4-6-7/h2-7H,1H2;7H,2-6H2,1H3. The maximum Gasteiger partial charge on any atom is -0.0263 e. The van der Waals surface area contributed by atoms with Crippen LogP contribution in [0.4, 0.5) is 0 Å². The molecule has 0 spiro atoms. The Morgan fingerprint density at radius 1 is 1.07 bits per heavy atom. The topological polar surface area (TPSA) is 0 Å². The van der Waals surface area contributed by atoms with Gasteiger partial charge in [-0.15, -0.1) is 0 Å². The van der Waals surface area contributed by atoms with Gasteiger partial charge in [-0.3, -0.25) is 0 Å². The Hall–Kier alpha value is -1.04. The molecule has 0 bridgehead atoms. The highest BCUT2D eigenvalue weighted by atomic mass is 14.1. The van der Waals surface area contributed by atoms with Gasteiger partial charge in [0.05, 0.1) is 0 Å². The number of hydrogen-bond donors (Lipinski definition) is 0. The smallest absolute Gasteiger partial charge is 0.0263 e. The van der Waals surface area contributed by atoms with Crippen molar-refractivity contribution in [2.75, 3.05) is 0 Å². The average Bonchev–Trinajstić information content (AvgIpc) is 2.32. The van der Waals surface area contributed by atoms with Crippen LogP contribution in [-0.2, 0) is 0 Å². The molecule has 0 unspecified atom stereocenters. The van der Waals surface area contributed by atoms with Gasteiger partial charge in [0.25, 0.3) is 0 Å². The third kappa shape index (κ3) is 5.41. The molecular weight excluding hydrogens is 180 g/mol. The molecule has 0 radical (unpaired) electrons. The molecule has 0 atom stereocenters. The Bertz CT molecular complexity index is 255. The molecule has 1 fully saturated rings. The fourth-order valence-corrected chi connectivity index (χ4v) is 1.90. The third-order valence-electron chi connectivity index (χ3n) is 2.93. The van der Waals surface area contributed by atoms with Crippen LogP contribution in [0.1, 0.15) is 44.6 Å². The summed E-state index contributed by atoms with van der Waals surface area (Å²) in [5.41, 5.74) is 1.17. The zero-order valence-electron chi connectivity index (χ0n) is 9.78. The van der Waals surface area contributed by atoms with Gasteiger partial charge in [-0.2, -0.15) is 0 Å². The maximum atomic E-state index is 3.63. The van der Waals surface area contributed by atoms with Crippen LogP contribution >= 0.6 is 0 Å². The highest BCUT2D eigenvalue weighted by Crippen LogP contribution is 2.22. The molecule has 1 aliphatic rings. The van der Waals surface area contributed by atoms with Gasteiger partial charge in [0.2, 0.25) is 0 Å². The minimum Gasteiger partial charge on any atom is -0.0985 e. The Kier molecular flexibility index (Phi) is 5.84. The van der Waals surface area contributed by atoms with E-state index in [9.17, 15) is 0 Å². The molecular formula is C15H22. The Morgan fingerprint density at radius 2 is 1.67 bits per heavy atom. The van der Waals surface area contributed by atoms with Crippen molar-refractivity contribution >= 4 is 6.08 Å². The quantitative estimate of drug-likeness (QED) is 0.606. The second-order valence-electron chi connectivity index (χ2n) is 4.36. The van der Waals surface area contributed by atoms with Gasteiger partial charge >= 0.3 is 0 Å². The first-order valence-corrected chi connectivity index (χ1v) is 6.00. The van der Waals surface area contributed by atoms with E-state index in [0.717, 1.165) is 5.92 Å². The van der Waals surface area contributed by atoms with Gasteiger partial charge in [-0.25, -0.2) is 0 Å². The van der Waals surface area contributed by atoms with Crippen molar-refractivity contribution in [2.24, 2.45) is 5.92 Å². The molecule has 0 heteroatoms. The van der Waals surface area contributed by atoms with E-state index in [0.29, 0.717) is 0 Å². The van der Waals surface area contributed by atoms with Crippen molar-refractivity contribution in [1.82, 2.24) is 0 Å². The molecule has 0 N–H and O–H groups in total. The van der Waals surface area contributed by atoms with E-state index >= 15 is 0 Å². The van der Waals surface area contributed by atoms with Gasteiger partial charge in [0.1, 0.15) is 0 Å². The SMILES string of the molecule is C=Cc1ccccc1.CC1CCCCC1. The highest BCUT2D eigenvalue weighted by Gasteiger charge is 2.05. The predicted octanol–water partition coefficient (Wildman–Crippen LogP) is 4.92. The van der Waals surface area contributed by atoms with Crippen molar-refractivity contribution in [2.45, 2.75) is 39.0 Å². The van der Waals surface area contributed by atoms with Gasteiger partial charge in [-0.05, 0) is 11.5 Å². The Labute approximate surface area is 94.0 Å². The second kappa shape index (κ2) is 7.28. The average molecular weight is 202 g/mol. The van der Waals surface area contributed by atoms with Crippen molar-refractivity contribution in [3.05, 3.63) is 42.5 Å². The summed E-state index contributed by atoms with van der Waals surface area (Å²) in [4.78, 5) is 0. The molecule has 0 heterocycles. The predicted molar refractivity (Wildman–Crippen MR) is 68.8 cm³/mol. The lowest BCUT2D eigenvalue weighted by molar-refractivity contribution is 0.385. The molecule has 15 heavy (non-hydrogen) atoms. The Balaban J connectivity index is 0.000000151. The van der Waals surface area contributed by atoms with Gasteiger partial charge in [0.15, 0.2) is 0 Å². The zero-order chi connectivity index (χ0) is 10.9. The van der Waals surface area contributed by atoms with Crippen LogP contribution in [0.3, 0.4) is 0 Å². The first-order chi connectivity index (χ1) is 7.33. The van der Waals surface area contributed by atoms with Crippen molar-refractivity contribution in [3.8, 4) is 0 Å². The van der Waals surface area contributed by atoms with Gasteiger partial charge in [-0.1, -0.05) is 82.0 Å². The Morgan fingerprint density at radius 3 is 2.00 bits per heavy atom. The maximum absolute atomic E-state index is 3.63. The molecule has 1 aliphatic carbocycles. The second-order valence-corrected chi connectivity index (χ2v) is 4.36. The van der Waals surface area contributed by atoms with Crippen LogP contribution in [0.2, 0.25) is 0 Å². The first-order valence-electron chi connectivity index (χ1n) is 6.00. The van der Waals surface area contributed by atoms with Gasteiger partial charge < -0.3 is 0 Å². The van der Waals surface area contributed by atoms with E-state index in [-0.39, 0.29) is 0 Å². The van der Waals surface area contributed by atoms with Crippen LogP contribution in [0, 0.1) is 5.92 Å². The first kappa shape index (κ1) is 12.0. The van der Waals surface area contributed by atoms with Crippen LogP contribution < -0.4 is 0 Å². The van der Waals surface area contributed by atoms with Crippen LogP contribution in [0.25, 0.3) is 6.08 Å². The molecule has 82 valence electrons. The molecule has 0 aliphatic heterocycles. The third-order valence-corrected chi connectivity index (χ3v) is 2.93. The van der Waals surface area contributed by atoms with Gasteiger partial charge in [0, 0.05) is 0 Å². The van der Waals surface area contributed by atoms with E-state index in [4.69, 9.17) is 0 Å². The summed E-state index contributed by atoms with van der Waals surface area (Å²) in [6.07, 6.45) is 9.27. The minimum absolute atomic E-state index is 1.04. The van der Waals surface area contributed by atoms with E-state index in [1.165, 1.54) is 37.7 Å². The fraction of sp³-hybridized carbons (Fsp3) is 0.467. The van der Waals surface area contributed by atoms with E-state index in [1.54, 1.807) is 0 Å². The molecule has 0 aromatic heterocycles. The van der Waals surface area contributed by atoms with Crippen molar-refractivity contribution < 1.29 is 0 Å². The molecule has 1 aromatic carbocycles. The minimum atomic E-state index is 1.04. The van der Waals surface area contributed by atoms with E-state index in [1.807, 2.05) is 36.4 Å². The zero-order valence-corrected chi connectivity index (χ0v) is 9.78. The molecule has 0 amide bonds. The van der Waals surface area contributed by atoms with Crippen LogP contribution in [0.5, 0.6) is 0 Å². The van der Waals surface area contributed by atoms with Crippen molar-refractivity contribution in [1.29, 1.82) is 0 Å². The summed E-state index contributed by atoms with van der Waals surface area (Å²) in [6.45, 7) is 5.99. The highest BCUT2D eigenvalue weighted by molar-refractivity contribution is 5.45. The summed E-state index contributed by atoms with van der Waals surface area (Å²) in [7, 11) is 0. The monoisotopic (exact) mass is 202 g/mol.